The van der Waals surface area contributed by atoms with E-state index in [2.05, 4.69) is 34.5 Å². The van der Waals surface area contributed by atoms with Gasteiger partial charge in [0.25, 0.3) is 0 Å². The van der Waals surface area contributed by atoms with E-state index in [1.54, 1.807) is 6.07 Å². The highest BCUT2D eigenvalue weighted by Gasteiger charge is 2.41. The Morgan fingerprint density at radius 2 is 1.59 bits per heavy atom. The van der Waals surface area contributed by atoms with E-state index in [4.69, 9.17) is 0 Å². The summed E-state index contributed by atoms with van der Waals surface area (Å²) < 4.78 is 28.7. The first kappa shape index (κ1) is 21.4. The van der Waals surface area contributed by atoms with Crippen LogP contribution in [0.5, 0.6) is 0 Å². The number of benzene rings is 3. The van der Waals surface area contributed by atoms with Crippen LogP contribution in [0.3, 0.4) is 0 Å². The Morgan fingerprint density at radius 3 is 2.38 bits per heavy atom. The van der Waals surface area contributed by atoms with E-state index in [0.29, 0.717) is 11.4 Å². The Kier molecular flexibility index (Phi) is 6.13. The maximum atomic E-state index is 14.4. The minimum atomic E-state index is -3.60. The first-order valence-electron chi connectivity index (χ1n) is 11.5. The van der Waals surface area contributed by atoms with Crippen LogP contribution >= 0.6 is 0 Å². The number of sulfone groups is 1. The number of piperidine rings is 1. The van der Waals surface area contributed by atoms with E-state index in [9.17, 15) is 8.42 Å². The number of fused-ring (bicyclic) bond motifs is 1. The van der Waals surface area contributed by atoms with E-state index >= 15 is 0 Å². The predicted molar refractivity (Wildman–Crippen MR) is 129 cm³/mol. The van der Waals surface area contributed by atoms with Crippen LogP contribution in [0, 0.1) is 5.92 Å². The van der Waals surface area contributed by atoms with Crippen molar-refractivity contribution < 1.29 is 8.42 Å². The number of hydrogen-bond donors (Lipinski definition) is 1. The lowest BCUT2D eigenvalue weighted by Crippen LogP contribution is -2.52. The first-order valence-corrected chi connectivity index (χ1v) is 13.1. The molecule has 2 aliphatic rings. The van der Waals surface area contributed by atoms with E-state index < -0.39 is 15.2 Å². The summed E-state index contributed by atoms with van der Waals surface area (Å²) in [6.07, 6.45) is 2.84. The second-order valence-electron chi connectivity index (χ2n) is 8.89. The van der Waals surface area contributed by atoms with Crippen LogP contribution in [-0.2, 0) is 22.8 Å². The fourth-order valence-corrected chi connectivity index (χ4v) is 7.64. The first-order chi connectivity index (χ1) is 15.6. The molecule has 4 nitrogen and oxygen atoms in total. The molecule has 0 saturated carbocycles. The van der Waals surface area contributed by atoms with Gasteiger partial charge in [0.2, 0.25) is 0 Å². The second-order valence-corrected chi connectivity index (χ2v) is 10.9. The lowest BCUT2D eigenvalue weighted by atomic mass is 9.95. The molecule has 0 radical (unpaired) electrons. The Morgan fingerprint density at radius 1 is 0.875 bits per heavy atom. The van der Waals surface area contributed by atoms with Crippen LogP contribution < -0.4 is 5.32 Å². The van der Waals surface area contributed by atoms with Crippen LogP contribution in [0.2, 0.25) is 0 Å². The Balaban J connectivity index is 1.58. The van der Waals surface area contributed by atoms with Gasteiger partial charge in [-0.05, 0) is 48.6 Å². The van der Waals surface area contributed by atoms with Gasteiger partial charge in [0.05, 0.1) is 4.90 Å². The lowest BCUT2D eigenvalue weighted by molar-refractivity contribution is 0.162. The van der Waals surface area contributed by atoms with Crippen molar-refractivity contribution >= 4 is 9.84 Å². The fourth-order valence-electron chi connectivity index (χ4n) is 5.31. The maximum absolute atomic E-state index is 14.4. The molecule has 2 atom stereocenters. The molecule has 2 aliphatic heterocycles. The van der Waals surface area contributed by atoms with Crippen molar-refractivity contribution in [1.29, 1.82) is 0 Å². The molecule has 5 rings (SSSR count). The average molecular weight is 447 g/mol. The molecular formula is C27H30N2O2S. The Labute approximate surface area is 191 Å². The van der Waals surface area contributed by atoms with E-state index in [1.807, 2.05) is 48.5 Å². The lowest BCUT2D eigenvalue weighted by Gasteiger charge is -2.41. The maximum Gasteiger partial charge on any atom is 0.195 e. The average Bonchev–Trinajstić information content (AvgIpc) is 2.85. The monoisotopic (exact) mass is 446 g/mol. The molecule has 3 aromatic rings. The van der Waals surface area contributed by atoms with Gasteiger partial charge in [-0.1, -0.05) is 72.8 Å². The molecule has 166 valence electrons. The van der Waals surface area contributed by atoms with Crippen molar-refractivity contribution in [2.24, 2.45) is 5.92 Å². The molecule has 0 aliphatic carbocycles. The van der Waals surface area contributed by atoms with Gasteiger partial charge in [-0.3, -0.25) is 4.90 Å². The summed E-state index contributed by atoms with van der Waals surface area (Å²) >= 11 is 0. The molecule has 2 heterocycles. The van der Waals surface area contributed by atoms with Crippen molar-refractivity contribution in [2.75, 3.05) is 19.6 Å². The molecule has 0 spiro atoms. The molecule has 5 heteroatoms. The molecule has 0 aromatic heterocycles. The zero-order valence-corrected chi connectivity index (χ0v) is 19.1. The zero-order chi connectivity index (χ0) is 22.0. The van der Waals surface area contributed by atoms with Crippen molar-refractivity contribution in [3.05, 3.63) is 90.0 Å². The highest BCUT2D eigenvalue weighted by atomic mass is 32.2. The molecule has 1 fully saturated rings. The van der Waals surface area contributed by atoms with Crippen molar-refractivity contribution in [3.8, 4) is 11.1 Å². The van der Waals surface area contributed by atoms with Gasteiger partial charge >= 0.3 is 0 Å². The van der Waals surface area contributed by atoms with Crippen LogP contribution in [0.25, 0.3) is 11.1 Å². The standard InChI is InChI=1S/C27H30N2O2S/c30-32(31,26-15-7-6-14-25(26)22-10-2-1-3-11-22)27(23-13-8-17-28-19-23)29-18-16-21-9-4-5-12-24(21)20-29/h1-7,9-12,14-15,23,27-28H,8,13,16-20H2. The third-order valence-electron chi connectivity index (χ3n) is 6.85. The molecule has 32 heavy (non-hydrogen) atoms. The van der Waals surface area contributed by atoms with Crippen molar-refractivity contribution in [2.45, 2.75) is 36.1 Å². The smallest absolute Gasteiger partial charge is 0.195 e. The third-order valence-corrected chi connectivity index (χ3v) is 9.14. The van der Waals surface area contributed by atoms with Gasteiger partial charge in [-0.2, -0.15) is 0 Å². The van der Waals surface area contributed by atoms with Crippen LogP contribution in [0.15, 0.2) is 83.8 Å². The summed E-state index contributed by atoms with van der Waals surface area (Å²) in [5.74, 6) is 0.0721. The highest BCUT2D eigenvalue weighted by Crippen LogP contribution is 2.36. The summed E-state index contributed by atoms with van der Waals surface area (Å²) in [6.45, 7) is 3.16. The van der Waals surface area contributed by atoms with Crippen molar-refractivity contribution in [3.63, 3.8) is 0 Å². The topological polar surface area (TPSA) is 49.4 Å². The minimum Gasteiger partial charge on any atom is -0.316 e. The zero-order valence-electron chi connectivity index (χ0n) is 18.3. The van der Waals surface area contributed by atoms with Gasteiger partial charge in [0.15, 0.2) is 9.84 Å². The summed E-state index contributed by atoms with van der Waals surface area (Å²) in [7, 11) is -3.60. The molecule has 1 N–H and O–H groups in total. The van der Waals surface area contributed by atoms with Gasteiger partial charge in [0.1, 0.15) is 5.37 Å². The summed E-state index contributed by atoms with van der Waals surface area (Å²) in [5, 5.41) is 2.92. The highest BCUT2D eigenvalue weighted by molar-refractivity contribution is 7.92. The number of rotatable bonds is 5. The predicted octanol–water partition coefficient (Wildman–Crippen LogP) is 4.51. The number of hydrogen-bond acceptors (Lipinski definition) is 4. The Hall–Kier alpha value is -2.47. The van der Waals surface area contributed by atoms with Crippen LogP contribution in [0.1, 0.15) is 24.0 Å². The van der Waals surface area contributed by atoms with E-state index in [-0.39, 0.29) is 5.92 Å². The molecule has 1 saturated heterocycles. The normalized spacial score (nSPS) is 20.4. The van der Waals surface area contributed by atoms with Crippen LogP contribution in [0.4, 0.5) is 0 Å². The van der Waals surface area contributed by atoms with E-state index in [0.717, 1.165) is 50.0 Å². The second kappa shape index (κ2) is 9.18. The van der Waals surface area contributed by atoms with Gasteiger partial charge in [0, 0.05) is 31.1 Å². The summed E-state index contributed by atoms with van der Waals surface area (Å²) in [6, 6.07) is 25.8. The fraction of sp³-hybridized carbons (Fsp3) is 0.333. The van der Waals surface area contributed by atoms with Gasteiger partial charge in [-0.15, -0.1) is 0 Å². The Bertz CT molecular complexity index is 1170. The molecule has 0 bridgehead atoms. The van der Waals surface area contributed by atoms with Gasteiger partial charge in [-0.25, -0.2) is 8.42 Å². The summed E-state index contributed by atoms with van der Waals surface area (Å²) in [4.78, 5) is 2.66. The van der Waals surface area contributed by atoms with Crippen molar-refractivity contribution in [1.82, 2.24) is 10.2 Å². The quantitative estimate of drug-likeness (QED) is 0.626. The number of nitrogens with zero attached hydrogens (tertiary/aromatic N) is 1. The van der Waals surface area contributed by atoms with Crippen LogP contribution in [-0.4, -0.2) is 38.3 Å². The van der Waals surface area contributed by atoms with E-state index in [1.165, 1.54) is 11.1 Å². The van der Waals surface area contributed by atoms with Gasteiger partial charge < -0.3 is 5.32 Å². The minimum absolute atomic E-state index is 0.0721. The molecule has 2 unspecified atom stereocenters. The molecular weight excluding hydrogens is 416 g/mol. The SMILES string of the molecule is O=S(=O)(c1ccccc1-c1ccccc1)C(C1CCCNC1)N1CCc2ccccc2C1. The third kappa shape index (κ3) is 4.13. The summed E-state index contributed by atoms with van der Waals surface area (Å²) in [5.41, 5.74) is 4.32. The molecule has 3 aromatic carbocycles. The largest absolute Gasteiger partial charge is 0.316 e. The molecule has 0 amide bonds. The number of nitrogens with one attached hydrogen (secondary N) is 1.